The molecule has 1 N–H and O–H groups in total. The lowest BCUT2D eigenvalue weighted by molar-refractivity contribution is -0.146. The van der Waals surface area contributed by atoms with Crippen molar-refractivity contribution in [3.63, 3.8) is 0 Å². The van der Waals surface area contributed by atoms with E-state index in [1.54, 1.807) is 0 Å². The van der Waals surface area contributed by atoms with Crippen LogP contribution in [0.2, 0.25) is 0 Å². The van der Waals surface area contributed by atoms with Gasteiger partial charge in [0.15, 0.2) is 0 Å². The first-order valence-electron chi connectivity index (χ1n) is 12.2. The van der Waals surface area contributed by atoms with Gasteiger partial charge in [-0.05, 0) is 107 Å². The van der Waals surface area contributed by atoms with Crippen LogP contribution in [0.4, 0.5) is 0 Å². The smallest absolute Gasteiger partial charge is 0.253 e. The molecule has 1 aromatic carbocycles. The molecule has 0 aromatic heterocycles. The largest absolute Gasteiger partial charge is 0.352 e. The Balaban J connectivity index is 1.16. The van der Waals surface area contributed by atoms with Gasteiger partial charge in [-0.1, -0.05) is 12.1 Å². The van der Waals surface area contributed by atoms with Gasteiger partial charge in [-0.15, -0.1) is 0 Å². The molecule has 5 fully saturated rings. The average Bonchev–Trinajstić information content (AvgIpc) is 2.76. The number of hydrogen-bond donors (Lipinski definition) is 1. The van der Waals surface area contributed by atoms with Crippen LogP contribution in [0, 0.1) is 23.2 Å². The van der Waals surface area contributed by atoms with Gasteiger partial charge in [-0.3, -0.25) is 9.59 Å². The Morgan fingerprint density at radius 1 is 1.00 bits per heavy atom. The highest BCUT2D eigenvalue weighted by atomic mass is 16.2. The number of carbonyl (C=O) groups excluding carboxylic acids is 2. The van der Waals surface area contributed by atoms with E-state index in [4.69, 9.17) is 0 Å². The quantitative estimate of drug-likeness (QED) is 0.786. The summed E-state index contributed by atoms with van der Waals surface area (Å²) in [6, 6.07) is 8.15. The number of benzene rings is 1. The number of hydrogen-bond acceptors (Lipinski definition) is 3. The maximum Gasteiger partial charge on any atom is 0.253 e. The lowest BCUT2D eigenvalue weighted by Gasteiger charge is -2.55. The molecule has 4 bridgehead atoms. The number of amides is 2. The molecule has 5 nitrogen and oxygen atoms in total. The standard InChI is InChI=1S/C26H37N3O2/c1-28-9-7-23(8-10-28)29(2)24(30)22-5-3-18(4-6-22)17-27-25(31)26-14-19-11-20(15-26)13-21(12-19)16-26/h3-6,19-21,23H,7-17H2,1-2H3,(H,27,31). The summed E-state index contributed by atoms with van der Waals surface area (Å²) < 4.78 is 0. The molecule has 4 aliphatic carbocycles. The van der Waals surface area contributed by atoms with Crippen LogP contribution in [-0.4, -0.2) is 54.8 Å². The Morgan fingerprint density at radius 3 is 2.10 bits per heavy atom. The highest BCUT2D eigenvalue weighted by Gasteiger charge is 2.54. The predicted octanol–water partition coefficient (Wildman–Crippen LogP) is 3.69. The first-order chi connectivity index (χ1) is 14.9. The van der Waals surface area contributed by atoms with Crippen molar-refractivity contribution < 1.29 is 9.59 Å². The van der Waals surface area contributed by atoms with E-state index in [1.807, 2.05) is 36.2 Å². The van der Waals surface area contributed by atoms with Crippen molar-refractivity contribution in [3.8, 4) is 0 Å². The lowest BCUT2D eigenvalue weighted by atomic mass is 9.49. The van der Waals surface area contributed by atoms with Crippen molar-refractivity contribution in [1.82, 2.24) is 15.1 Å². The molecule has 0 radical (unpaired) electrons. The number of rotatable bonds is 5. The van der Waals surface area contributed by atoms with Crippen molar-refractivity contribution in [2.45, 2.75) is 64.0 Å². The predicted molar refractivity (Wildman–Crippen MR) is 122 cm³/mol. The number of carbonyl (C=O) groups is 2. The van der Waals surface area contributed by atoms with Crippen LogP contribution in [0.15, 0.2) is 24.3 Å². The molecule has 31 heavy (non-hydrogen) atoms. The highest BCUT2D eigenvalue weighted by Crippen LogP contribution is 2.60. The van der Waals surface area contributed by atoms with E-state index in [0.29, 0.717) is 12.6 Å². The molecule has 1 heterocycles. The minimum absolute atomic E-state index is 0.0958. The van der Waals surface area contributed by atoms with Gasteiger partial charge in [0.25, 0.3) is 5.91 Å². The fraction of sp³-hybridized carbons (Fsp3) is 0.692. The molecular weight excluding hydrogens is 386 g/mol. The van der Waals surface area contributed by atoms with Crippen LogP contribution in [-0.2, 0) is 11.3 Å². The SMILES string of the molecule is CN1CCC(N(C)C(=O)c2ccc(CNC(=O)C34CC5CC(CC(C5)C3)C4)cc2)CC1. The molecule has 2 amide bonds. The fourth-order valence-corrected chi connectivity index (χ4v) is 7.28. The number of likely N-dealkylation sites (tertiary alicyclic amines) is 1. The summed E-state index contributed by atoms with van der Waals surface area (Å²) >= 11 is 0. The second-order valence-electron chi connectivity index (χ2n) is 11.0. The Bertz CT molecular complexity index is 790. The number of nitrogens with zero attached hydrogens (tertiary/aromatic N) is 2. The van der Waals surface area contributed by atoms with E-state index in [2.05, 4.69) is 17.3 Å². The van der Waals surface area contributed by atoms with Crippen molar-refractivity contribution in [3.05, 3.63) is 35.4 Å². The van der Waals surface area contributed by atoms with Gasteiger partial charge in [0.2, 0.25) is 5.91 Å². The zero-order valence-corrected chi connectivity index (χ0v) is 19.1. The molecule has 0 unspecified atom stereocenters. The maximum absolute atomic E-state index is 13.2. The molecule has 4 saturated carbocycles. The zero-order valence-electron chi connectivity index (χ0n) is 19.1. The van der Waals surface area contributed by atoms with Crippen LogP contribution in [0.25, 0.3) is 0 Å². The topological polar surface area (TPSA) is 52.6 Å². The molecular formula is C26H37N3O2. The summed E-state index contributed by atoms with van der Waals surface area (Å²) in [7, 11) is 4.07. The molecule has 6 rings (SSSR count). The van der Waals surface area contributed by atoms with Gasteiger partial charge >= 0.3 is 0 Å². The Hall–Kier alpha value is -1.88. The fourth-order valence-electron chi connectivity index (χ4n) is 7.28. The van der Waals surface area contributed by atoms with E-state index >= 15 is 0 Å². The van der Waals surface area contributed by atoms with Crippen molar-refractivity contribution in [2.24, 2.45) is 23.2 Å². The Morgan fingerprint density at radius 2 is 1.55 bits per heavy atom. The van der Waals surface area contributed by atoms with Gasteiger partial charge in [0.05, 0.1) is 0 Å². The summed E-state index contributed by atoms with van der Waals surface area (Å²) in [6.45, 7) is 2.65. The summed E-state index contributed by atoms with van der Waals surface area (Å²) in [6.07, 6.45) is 9.43. The second-order valence-corrected chi connectivity index (χ2v) is 11.0. The van der Waals surface area contributed by atoms with Crippen LogP contribution in [0.5, 0.6) is 0 Å². The van der Waals surface area contributed by atoms with Gasteiger partial charge in [0, 0.05) is 30.6 Å². The number of piperidine rings is 1. The second kappa shape index (κ2) is 8.23. The maximum atomic E-state index is 13.2. The molecule has 5 aliphatic rings. The first kappa shape index (κ1) is 21.0. The molecule has 5 heteroatoms. The number of nitrogens with one attached hydrogen (secondary N) is 1. The average molecular weight is 424 g/mol. The van der Waals surface area contributed by atoms with Gasteiger partial charge < -0.3 is 15.1 Å². The third kappa shape index (κ3) is 4.13. The Kier molecular flexibility index (Phi) is 5.58. The molecule has 0 atom stereocenters. The van der Waals surface area contributed by atoms with Crippen LogP contribution >= 0.6 is 0 Å². The summed E-state index contributed by atoms with van der Waals surface area (Å²) in [5.41, 5.74) is 1.70. The van der Waals surface area contributed by atoms with Crippen LogP contribution < -0.4 is 5.32 Å². The molecule has 1 aromatic rings. The van der Waals surface area contributed by atoms with Crippen LogP contribution in [0.3, 0.4) is 0 Å². The molecule has 0 spiro atoms. The van der Waals surface area contributed by atoms with Gasteiger partial charge in [-0.25, -0.2) is 0 Å². The molecule has 1 saturated heterocycles. The minimum atomic E-state index is -0.0958. The summed E-state index contributed by atoms with van der Waals surface area (Å²) in [5.74, 6) is 2.71. The lowest BCUT2D eigenvalue weighted by Crippen LogP contribution is -2.53. The third-order valence-corrected chi connectivity index (χ3v) is 8.73. The monoisotopic (exact) mass is 423 g/mol. The van der Waals surface area contributed by atoms with Crippen LogP contribution in [0.1, 0.15) is 67.3 Å². The first-order valence-corrected chi connectivity index (χ1v) is 12.2. The molecule has 168 valence electrons. The van der Waals surface area contributed by atoms with E-state index in [-0.39, 0.29) is 17.2 Å². The van der Waals surface area contributed by atoms with Crippen molar-refractivity contribution >= 4 is 11.8 Å². The minimum Gasteiger partial charge on any atom is -0.352 e. The van der Waals surface area contributed by atoms with E-state index in [1.165, 1.54) is 19.3 Å². The van der Waals surface area contributed by atoms with E-state index in [0.717, 1.165) is 74.1 Å². The summed E-state index contributed by atoms with van der Waals surface area (Å²) in [5, 5.41) is 3.24. The van der Waals surface area contributed by atoms with Crippen molar-refractivity contribution in [2.75, 3.05) is 27.2 Å². The van der Waals surface area contributed by atoms with E-state index in [9.17, 15) is 9.59 Å². The zero-order chi connectivity index (χ0) is 21.6. The van der Waals surface area contributed by atoms with Gasteiger partial charge in [0.1, 0.15) is 0 Å². The van der Waals surface area contributed by atoms with Crippen molar-refractivity contribution in [1.29, 1.82) is 0 Å². The third-order valence-electron chi connectivity index (χ3n) is 8.73. The van der Waals surface area contributed by atoms with E-state index < -0.39 is 0 Å². The summed E-state index contributed by atoms with van der Waals surface area (Å²) in [4.78, 5) is 30.3. The normalized spacial score (nSPS) is 32.8. The molecule has 1 aliphatic heterocycles. The Labute approximate surface area is 186 Å². The van der Waals surface area contributed by atoms with Gasteiger partial charge in [-0.2, -0.15) is 0 Å². The highest BCUT2D eigenvalue weighted by molar-refractivity contribution is 5.94.